The molecule has 0 aromatic heterocycles. The Balaban J connectivity index is 2.06. The lowest BCUT2D eigenvalue weighted by atomic mass is 9.84. The fourth-order valence-corrected chi connectivity index (χ4v) is 2.48. The molecule has 1 saturated heterocycles. The molecule has 1 fully saturated rings. The van der Waals surface area contributed by atoms with E-state index in [4.69, 9.17) is 0 Å². The van der Waals surface area contributed by atoms with Gasteiger partial charge in [0.2, 0.25) is 5.91 Å². The molecule has 0 spiro atoms. The number of carbonyl (C=O) groups excluding carboxylic acids is 1. The first-order valence-corrected chi connectivity index (χ1v) is 6.19. The Hall–Kier alpha value is -1.57. The van der Waals surface area contributed by atoms with Crippen molar-refractivity contribution in [2.75, 3.05) is 6.54 Å². The molecule has 0 aliphatic carbocycles. The van der Waals surface area contributed by atoms with Crippen LogP contribution in [0.4, 0.5) is 0 Å². The van der Waals surface area contributed by atoms with Gasteiger partial charge in [-0.15, -0.1) is 6.58 Å². The van der Waals surface area contributed by atoms with Gasteiger partial charge in [0.1, 0.15) is 0 Å². The van der Waals surface area contributed by atoms with E-state index in [1.54, 1.807) is 6.08 Å². The number of benzene rings is 1. The molecule has 2 atom stereocenters. The van der Waals surface area contributed by atoms with Crippen LogP contribution in [0.25, 0.3) is 0 Å². The third-order valence-electron chi connectivity index (χ3n) is 3.38. The molecule has 1 aliphatic rings. The van der Waals surface area contributed by atoms with Crippen molar-refractivity contribution in [1.29, 1.82) is 0 Å². The van der Waals surface area contributed by atoms with Crippen molar-refractivity contribution in [2.45, 2.75) is 25.8 Å². The fraction of sp³-hybridized carbons (Fsp3) is 0.400. The minimum Gasteiger partial charge on any atom is -0.335 e. The van der Waals surface area contributed by atoms with Gasteiger partial charge in [0, 0.05) is 13.0 Å². The van der Waals surface area contributed by atoms with Gasteiger partial charge in [-0.1, -0.05) is 43.3 Å². The lowest BCUT2D eigenvalue weighted by Gasteiger charge is -2.47. The maximum Gasteiger partial charge on any atom is 0.223 e. The van der Waals surface area contributed by atoms with Crippen molar-refractivity contribution in [2.24, 2.45) is 5.92 Å². The third kappa shape index (κ3) is 2.41. The van der Waals surface area contributed by atoms with Crippen LogP contribution in [0.5, 0.6) is 0 Å². The summed E-state index contributed by atoms with van der Waals surface area (Å²) in [5.74, 6) is 0.807. The highest BCUT2D eigenvalue weighted by Gasteiger charge is 2.39. The van der Waals surface area contributed by atoms with Crippen molar-refractivity contribution in [3.05, 3.63) is 48.6 Å². The van der Waals surface area contributed by atoms with Crippen LogP contribution in [0.2, 0.25) is 0 Å². The van der Waals surface area contributed by atoms with E-state index in [1.165, 1.54) is 5.56 Å². The van der Waals surface area contributed by atoms with Gasteiger partial charge in [0.25, 0.3) is 0 Å². The Labute approximate surface area is 103 Å². The quantitative estimate of drug-likeness (QED) is 0.726. The molecule has 2 nitrogen and oxygen atoms in total. The minimum absolute atomic E-state index is 0.247. The molecule has 0 bridgehead atoms. The number of carbonyl (C=O) groups is 1. The van der Waals surface area contributed by atoms with Crippen molar-refractivity contribution >= 4 is 5.91 Å². The minimum atomic E-state index is 0.247. The SMILES string of the molecule is C=CCCC(=O)N1C[C@H](C)[C@H]1c1ccccc1. The summed E-state index contributed by atoms with van der Waals surface area (Å²) in [5, 5.41) is 0. The maximum atomic E-state index is 12.0. The number of allylic oxidation sites excluding steroid dienone is 1. The monoisotopic (exact) mass is 229 g/mol. The molecule has 1 amide bonds. The molecule has 1 aliphatic heterocycles. The van der Waals surface area contributed by atoms with Gasteiger partial charge < -0.3 is 4.90 Å². The molecular formula is C15H19NO. The lowest BCUT2D eigenvalue weighted by Crippen LogP contribution is -2.51. The normalized spacial score (nSPS) is 23.0. The van der Waals surface area contributed by atoms with Crippen LogP contribution < -0.4 is 0 Å². The first-order valence-electron chi connectivity index (χ1n) is 6.19. The van der Waals surface area contributed by atoms with Gasteiger partial charge in [-0.05, 0) is 17.9 Å². The van der Waals surface area contributed by atoms with Crippen molar-refractivity contribution in [1.82, 2.24) is 4.90 Å². The van der Waals surface area contributed by atoms with Crippen molar-refractivity contribution in [3.63, 3.8) is 0 Å². The average molecular weight is 229 g/mol. The summed E-state index contributed by atoms with van der Waals surface area (Å²) in [6, 6.07) is 10.6. The van der Waals surface area contributed by atoms with Gasteiger partial charge in [-0.3, -0.25) is 4.79 Å². The fourth-order valence-electron chi connectivity index (χ4n) is 2.48. The molecule has 0 unspecified atom stereocenters. The molecule has 1 heterocycles. The van der Waals surface area contributed by atoms with Crippen LogP contribution >= 0.6 is 0 Å². The zero-order chi connectivity index (χ0) is 12.3. The average Bonchev–Trinajstić information content (AvgIpc) is 2.34. The molecule has 0 N–H and O–H groups in total. The number of hydrogen-bond acceptors (Lipinski definition) is 1. The first kappa shape index (κ1) is 11.9. The van der Waals surface area contributed by atoms with Crippen LogP contribution in [0.3, 0.4) is 0 Å². The Morgan fingerprint density at radius 1 is 1.47 bits per heavy atom. The smallest absolute Gasteiger partial charge is 0.223 e. The van der Waals surface area contributed by atoms with E-state index in [0.29, 0.717) is 12.3 Å². The van der Waals surface area contributed by atoms with E-state index in [9.17, 15) is 4.79 Å². The number of hydrogen-bond donors (Lipinski definition) is 0. The van der Waals surface area contributed by atoms with Gasteiger partial charge in [0.05, 0.1) is 6.04 Å². The summed E-state index contributed by atoms with van der Waals surface area (Å²) in [6.07, 6.45) is 3.16. The van der Waals surface area contributed by atoms with Crippen LogP contribution in [0.15, 0.2) is 43.0 Å². The molecule has 0 radical (unpaired) electrons. The van der Waals surface area contributed by atoms with E-state index < -0.39 is 0 Å². The Bertz CT molecular complexity index is 399. The predicted molar refractivity (Wildman–Crippen MR) is 69.5 cm³/mol. The van der Waals surface area contributed by atoms with Crippen LogP contribution in [0, 0.1) is 5.92 Å². The predicted octanol–water partition coefficient (Wildman–Crippen LogP) is 3.17. The Morgan fingerprint density at radius 3 is 2.76 bits per heavy atom. The summed E-state index contributed by atoms with van der Waals surface area (Å²) in [7, 11) is 0. The summed E-state index contributed by atoms with van der Waals surface area (Å²) in [6.45, 7) is 6.75. The molecule has 17 heavy (non-hydrogen) atoms. The molecular weight excluding hydrogens is 210 g/mol. The maximum absolute atomic E-state index is 12.0. The second-order valence-corrected chi connectivity index (χ2v) is 4.71. The molecule has 1 aromatic carbocycles. The van der Waals surface area contributed by atoms with E-state index in [0.717, 1.165) is 13.0 Å². The highest BCUT2D eigenvalue weighted by molar-refractivity contribution is 5.77. The van der Waals surface area contributed by atoms with E-state index in [2.05, 4.69) is 25.6 Å². The van der Waals surface area contributed by atoms with Crippen LogP contribution in [-0.2, 0) is 4.79 Å². The van der Waals surface area contributed by atoms with Gasteiger partial charge in [0.15, 0.2) is 0 Å². The van der Waals surface area contributed by atoms with E-state index in [1.807, 2.05) is 23.1 Å². The Kier molecular flexibility index (Phi) is 3.62. The number of likely N-dealkylation sites (tertiary alicyclic amines) is 1. The highest BCUT2D eigenvalue weighted by Crippen LogP contribution is 2.38. The molecule has 0 saturated carbocycles. The summed E-state index contributed by atoms with van der Waals surface area (Å²) in [4.78, 5) is 14.0. The van der Waals surface area contributed by atoms with E-state index in [-0.39, 0.29) is 11.9 Å². The zero-order valence-electron chi connectivity index (χ0n) is 10.3. The Morgan fingerprint density at radius 2 is 2.18 bits per heavy atom. The van der Waals surface area contributed by atoms with Crippen molar-refractivity contribution < 1.29 is 4.79 Å². The summed E-state index contributed by atoms with van der Waals surface area (Å²) < 4.78 is 0. The zero-order valence-corrected chi connectivity index (χ0v) is 10.3. The standard InChI is InChI=1S/C15H19NO/c1-3-4-10-14(17)16-11-12(2)15(16)13-8-6-5-7-9-13/h3,5-9,12,15H,1,4,10-11H2,2H3/t12-,15-/m0/s1. The first-order chi connectivity index (χ1) is 8.24. The molecule has 1 aromatic rings. The van der Waals surface area contributed by atoms with Gasteiger partial charge >= 0.3 is 0 Å². The summed E-state index contributed by atoms with van der Waals surface area (Å²) in [5.41, 5.74) is 1.25. The molecule has 2 rings (SSSR count). The number of nitrogens with zero attached hydrogens (tertiary/aromatic N) is 1. The summed E-state index contributed by atoms with van der Waals surface area (Å²) >= 11 is 0. The van der Waals surface area contributed by atoms with Crippen LogP contribution in [-0.4, -0.2) is 17.4 Å². The second-order valence-electron chi connectivity index (χ2n) is 4.71. The second kappa shape index (κ2) is 5.17. The number of amides is 1. The largest absolute Gasteiger partial charge is 0.335 e. The van der Waals surface area contributed by atoms with Gasteiger partial charge in [-0.25, -0.2) is 0 Å². The third-order valence-corrected chi connectivity index (χ3v) is 3.38. The number of rotatable bonds is 4. The molecule has 2 heteroatoms. The highest BCUT2D eigenvalue weighted by atomic mass is 16.2. The van der Waals surface area contributed by atoms with E-state index >= 15 is 0 Å². The van der Waals surface area contributed by atoms with Gasteiger partial charge in [-0.2, -0.15) is 0 Å². The van der Waals surface area contributed by atoms with Crippen LogP contribution in [0.1, 0.15) is 31.4 Å². The lowest BCUT2D eigenvalue weighted by molar-refractivity contribution is -0.143. The van der Waals surface area contributed by atoms with Crippen molar-refractivity contribution in [3.8, 4) is 0 Å². The topological polar surface area (TPSA) is 20.3 Å². The molecule has 90 valence electrons.